The van der Waals surface area contributed by atoms with E-state index in [0.29, 0.717) is 18.7 Å². The van der Waals surface area contributed by atoms with Crippen molar-refractivity contribution in [3.8, 4) is 23.1 Å². The van der Waals surface area contributed by atoms with Crippen LogP contribution < -0.4 is 13.8 Å². The predicted molar refractivity (Wildman–Crippen MR) is 108 cm³/mol. The second kappa shape index (κ2) is 7.06. The van der Waals surface area contributed by atoms with Gasteiger partial charge in [-0.3, -0.25) is 4.31 Å². The molecule has 0 amide bonds. The van der Waals surface area contributed by atoms with Crippen molar-refractivity contribution in [2.75, 3.05) is 24.5 Å². The van der Waals surface area contributed by atoms with E-state index < -0.39 is 11.2 Å². The van der Waals surface area contributed by atoms with Gasteiger partial charge < -0.3 is 9.30 Å². The number of hydrogen-bond donors (Lipinski definition) is 1. The van der Waals surface area contributed by atoms with Crippen LogP contribution in [-0.4, -0.2) is 29.0 Å². The summed E-state index contributed by atoms with van der Waals surface area (Å²) in [7, 11) is 1.64. The maximum Gasteiger partial charge on any atom is 0.196 e. The number of ether oxygens (including phenoxy) is 1. The Morgan fingerprint density at radius 2 is 2.15 bits per heavy atom. The maximum atomic E-state index is 12.1. The lowest BCUT2D eigenvalue weighted by molar-refractivity contribution is 0.415. The molecule has 0 radical (unpaired) electrons. The number of nitrogens with one attached hydrogen (secondary N) is 1. The topological polar surface area (TPSA) is 70.3 Å². The van der Waals surface area contributed by atoms with Gasteiger partial charge in [0.25, 0.3) is 0 Å². The Morgan fingerprint density at radius 3 is 2.81 bits per heavy atom. The van der Waals surface area contributed by atoms with Crippen LogP contribution in [0.5, 0.6) is 5.75 Å². The highest BCUT2D eigenvalue weighted by Crippen LogP contribution is 2.36. The van der Waals surface area contributed by atoms with Crippen molar-refractivity contribution in [2.45, 2.75) is 13.5 Å². The van der Waals surface area contributed by atoms with Gasteiger partial charge in [-0.1, -0.05) is 12.1 Å². The number of aromatic nitrogens is 1. The van der Waals surface area contributed by atoms with Crippen LogP contribution in [-0.2, 0) is 17.7 Å². The molecule has 1 aliphatic heterocycles. The van der Waals surface area contributed by atoms with Crippen LogP contribution in [0.4, 0.5) is 5.69 Å². The molecule has 1 aromatic heterocycles. The number of nitriles is 1. The molecule has 2 aromatic carbocycles. The molecule has 138 valence electrons. The van der Waals surface area contributed by atoms with Crippen LogP contribution >= 0.6 is 0 Å². The summed E-state index contributed by atoms with van der Waals surface area (Å²) < 4.78 is 24.4. The summed E-state index contributed by atoms with van der Waals surface area (Å²) in [5.41, 5.74) is 4.31. The van der Waals surface area contributed by atoms with E-state index in [1.807, 2.05) is 46.8 Å². The van der Waals surface area contributed by atoms with E-state index in [4.69, 9.17) is 4.74 Å². The normalized spacial score (nSPS) is 16.6. The smallest absolute Gasteiger partial charge is 0.196 e. The van der Waals surface area contributed by atoms with Gasteiger partial charge in [0, 0.05) is 36.7 Å². The van der Waals surface area contributed by atoms with E-state index in [2.05, 4.69) is 22.3 Å². The molecule has 4 rings (SSSR count). The minimum Gasteiger partial charge on any atom is -0.497 e. The lowest BCUT2D eigenvalue weighted by Crippen LogP contribution is -2.22. The molecule has 3 aromatic rings. The molecule has 1 atom stereocenters. The third-order valence-corrected chi connectivity index (χ3v) is 6.09. The highest BCUT2D eigenvalue weighted by atomic mass is 32.2. The number of hydrogen-bond acceptors (Lipinski definition) is 3. The molecule has 0 spiro atoms. The van der Waals surface area contributed by atoms with Crippen LogP contribution in [0, 0.1) is 11.3 Å². The molecule has 1 aliphatic rings. The molecule has 0 bridgehead atoms. The minimum absolute atomic E-state index is 0.646. The maximum absolute atomic E-state index is 12.1. The Morgan fingerprint density at radius 1 is 1.30 bits per heavy atom. The average Bonchev–Trinajstić information content (AvgIpc) is 3.27. The van der Waals surface area contributed by atoms with Gasteiger partial charge >= 0.3 is 0 Å². The van der Waals surface area contributed by atoms with Crippen LogP contribution in [0.2, 0.25) is 0 Å². The molecule has 2 heterocycles. The Balaban J connectivity index is 1.93. The van der Waals surface area contributed by atoms with Gasteiger partial charge in [-0.2, -0.15) is 5.26 Å². The zero-order chi connectivity index (χ0) is 19.0. The molecule has 27 heavy (non-hydrogen) atoms. The van der Waals surface area contributed by atoms with E-state index in [-0.39, 0.29) is 0 Å². The van der Waals surface area contributed by atoms with Gasteiger partial charge in [-0.05, 0) is 31.2 Å². The fourth-order valence-corrected chi connectivity index (χ4v) is 4.61. The van der Waals surface area contributed by atoms with Crippen molar-refractivity contribution in [1.82, 2.24) is 9.29 Å². The zero-order valence-corrected chi connectivity index (χ0v) is 16.0. The van der Waals surface area contributed by atoms with Gasteiger partial charge in [-0.15, -0.1) is 0 Å². The lowest BCUT2D eigenvalue weighted by atomic mass is 10.1. The van der Waals surface area contributed by atoms with Crippen LogP contribution in [0.1, 0.15) is 12.5 Å². The minimum atomic E-state index is -1.21. The summed E-state index contributed by atoms with van der Waals surface area (Å²) in [6.07, 6.45) is 0. The highest BCUT2D eigenvalue weighted by Gasteiger charge is 2.22. The predicted octanol–water partition coefficient (Wildman–Crippen LogP) is 3.20. The molecule has 1 unspecified atom stereocenters. The number of methoxy groups -OCH3 is 1. The van der Waals surface area contributed by atoms with Crippen molar-refractivity contribution >= 4 is 27.8 Å². The van der Waals surface area contributed by atoms with Gasteiger partial charge in [0.15, 0.2) is 11.2 Å². The number of aryl methyl sites for hydroxylation is 1. The van der Waals surface area contributed by atoms with E-state index in [1.54, 1.807) is 7.11 Å². The summed E-state index contributed by atoms with van der Waals surface area (Å²) in [5.74, 6) is 0.762. The van der Waals surface area contributed by atoms with Gasteiger partial charge in [0.1, 0.15) is 11.8 Å². The summed E-state index contributed by atoms with van der Waals surface area (Å²) in [5, 5.41) is 10.8. The Labute approximate surface area is 160 Å². The molecule has 1 saturated heterocycles. The first-order valence-corrected chi connectivity index (χ1v) is 9.92. The van der Waals surface area contributed by atoms with Crippen molar-refractivity contribution in [2.24, 2.45) is 0 Å². The van der Waals surface area contributed by atoms with Crippen LogP contribution in [0.15, 0.2) is 42.5 Å². The van der Waals surface area contributed by atoms with Crippen molar-refractivity contribution in [1.29, 1.82) is 5.26 Å². The fourth-order valence-electron chi connectivity index (χ4n) is 3.63. The van der Waals surface area contributed by atoms with Gasteiger partial charge in [0.2, 0.25) is 0 Å². The molecule has 0 aliphatic carbocycles. The Hall–Kier alpha value is -2.82. The number of anilines is 1. The number of fused-ring (bicyclic) bond motifs is 1. The lowest BCUT2D eigenvalue weighted by Gasteiger charge is -2.16. The first-order chi connectivity index (χ1) is 13.2. The molecular formula is C20H20N4O2S. The van der Waals surface area contributed by atoms with Gasteiger partial charge in [-0.25, -0.2) is 8.93 Å². The first kappa shape index (κ1) is 17.6. The van der Waals surface area contributed by atoms with E-state index in [1.165, 1.54) is 0 Å². The number of nitrogens with zero attached hydrogens (tertiary/aromatic N) is 3. The van der Waals surface area contributed by atoms with Crippen molar-refractivity contribution in [3.05, 3.63) is 48.0 Å². The second-order valence-electron chi connectivity index (χ2n) is 6.26. The largest absolute Gasteiger partial charge is 0.497 e. The third-order valence-electron chi connectivity index (χ3n) is 4.85. The molecule has 1 fully saturated rings. The first-order valence-electron chi connectivity index (χ1n) is 8.81. The molecule has 7 heteroatoms. The van der Waals surface area contributed by atoms with Crippen molar-refractivity contribution < 1.29 is 8.95 Å². The standard InChI is InChI=1S/C20H20N4O2S/c1-3-23-19-12-16(26-2)7-8-17(19)18(13-21)20(23)14-5-4-6-15(11-14)24-10-9-22-27(24)25/h4-8,11-12,22H,3,9-10H2,1-2H3. The highest BCUT2D eigenvalue weighted by molar-refractivity contribution is 7.84. The Bertz CT molecular complexity index is 1080. The van der Waals surface area contributed by atoms with Crippen molar-refractivity contribution in [3.63, 3.8) is 0 Å². The quantitative estimate of drug-likeness (QED) is 0.756. The summed E-state index contributed by atoms with van der Waals surface area (Å²) in [6.45, 7) is 4.17. The second-order valence-corrected chi connectivity index (χ2v) is 7.49. The number of benzene rings is 2. The van der Waals surface area contributed by atoms with E-state index in [0.717, 1.165) is 40.1 Å². The summed E-state index contributed by atoms with van der Waals surface area (Å²) in [6, 6.07) is 16.0. The monoisotopic (exact) mass is 380 g/mol. The molecule has 0 saturated carbocycles. The van der Waals surface area contributed by atoms with Crippen LogP contribution in [0.25, 0.3) is 22.2 Å². The fraction of sp³-hybridized carbons (Fsp3) is 0.250. The number of rotatable bonds is 4. The SMILES string of the molecule is CCn1c(-c2cccc(N3CCNS3=O)c2)c(C#N)c2ccc(OC)cc21. The van der Waals surface area contributed by atoms with Gasteiger partial charge in [0.05, 0.1) is 29.6 Å². The van der Waals surface area contributed by atoms with Crippen LogP contribution in [0.3, 0.4) is 0 Å². The average molecular weight is 380 g/mol. The molecule has 1 N–H and O–H groups in total. The van der Waals surface area contributed by atoms with E-state index >= 15 is 0 Å². The summed E-state index contributed by atoms with van der Waals surface area (Å²) >= 11 is -1.21. The molecular weight excluding hydrogens is 360 g/mol. The summed E-state index contributed by atoms with van der Waals surface area (Å²) in [4.78, 5) is 0. The zero-order valence-electron chi connectivity index (χ0n) is 15.2. The van der Waals surface area contributed by atoms with E-state index in [9.17, 15) is 9.47 Å². The Kier molecular flexibility index (Phi) is 4.60. The molecule has 6 nitrogen and oxygen atoms in total. The third kappa shape index (κ3) is 2.87.